The predicted octanol–water partition coefficient (Wildman–Crippen LogP) is 5.15. The van der Waals surface area contributed by atoms with Gasteiger partial charge in [-0.15, -0.1) is 11.3 Å². The van der Waals surface area contributed by atoms with Gasteiger partial charge in [0.2, 0.25) is 0 Å². The van der Waals surface area contributed by atoms with E-state index in [0.29, 0.717) is 35.5 Å². The molecule has 156 valence electrons. The van der Waals surface area contributed by atoms with E-state index in [1.807, 2.05) is 17.9 Å². The summed E-state index contributed by atoms with van der Waals surface area (Å²) in [6.07, 6.45) is 1.77. The van der Waals surface area contributed by atoms with E-state index >= 15 is 0 Å². The summed E-state index contributed by atoms with van der Waals surface area (Å²) in [5.41, 5.74) is 3.45. The van der Waals surface area contributed by atoms with Crippen molar-refractivity contribution in [3.63, 3.8) is 0 Å². The van der Waals surface area contributed by atoms with Gasteiger partial charge in [0.1, 0.15) is 0 Å². The number of carbonyl (C=O) groups excluding carboxylic acids is 1. The Morgan fingerprint density at radius 3 is 2.55 bits per heavy atom. The average molecular weight is 416 g/mol. The minimum absolute atomic E-state index is 0.0275. The number of pyridine rings is 1. The molecule has 0 unspecified atom stereocenters. The molecule has 3 aromatic heterocycles. The van der Waals surface area contributed by atoms with E-state index in [4.69, 9.17) is 9.26 Å². The number of fused-ring (bicyclic) bond motifs is 1. The van der Waals surface area contributed by atoms with Gasteiger partial charge in [-0.1, -0.05) is 19.0 Å². The van der Waals surface area contributed by atoms with Crippen molar-refractivity contribution in [1.82, 2.24) is 15.0 Å². The maximum atomic E-state index is 13.7. The van der Waals surface area contributed by atoms with Gasteiger partial charge in [-0.25, -0.2) is 4.98 Å². The lowest BCUT2D eigenvalue weighted by molar-refractivity contribution is 0.0591. The molecule has 0 fully saturated rings. The largest absolute Gasteiger partial charge is 0.383 e. The highest BCUT2D eigenvalue weighted by Crippen LogP contribution is 2.33. The lowest BCUT2D eigenvalue weighted by Gasteiger charge is -2.30. The number of hydrogen-bond acceptors (Lipinski definition) is 6. The van der Waals surface area contributed by atoms with Crippen molar-refractivity contribution in [3.8, 4) is 11.3 Å². The second kappa shape index (κ2) is 9.05. The monoisotopic (exact) mass is 415 g/mol. The van der Waals surface area contributed by atoms with Crippen LogP contribution < -0.4 is 0 Å². The Hall–Kier alpha value is -2.25. The summed E-state index contributed by atoms with van der Waals surface area (Å²) >= 11 is 1.72. The molecule has 6 nitrogen and oxygen atoms in total. The Morgan fingerprint density at radius 1 is 1.24 bits per heavy atom. The Kier molecular flexibility index (Phi) is 6.70. The Morgan fingerprint density at radius 2 is 1.97 bits per heavy atom. The average Bonchev–Trinajstić information content (AvgIpc) is 3.25. The predicted molar refractivity (Wildman–Crippen MR) is 117 cm³/mol. The molecule has 0 aliphatic rings. The molecule has 0 aliphatic heterocycles. The third-order valence-electron chi connectivity index (χ3n) is 5.34. The van der Waals surface area contributed by atoms with Crippen molar-refractivity contribution in [1.29, 1.82) is 0 Å². The van der Waals surface area contributed by atoms with Gasteiger partial charge < -0.3 is 14.2 Å². The first-order valence-electron chi connectivity index (χ1n) is 10.1. The van der Waals surface area contributed by atoms with Crippen LogP contribution in [0.25, 0.3) is 22.4 Å². The van der Waals surface area contributed by atoms with Crippen molar-refractivity contribution in [2.45, 2.75) is 53.5 Å². The first-order chi connectivity index (χ1) is 13.9. The third kappa shape index (κ3) is 4.21. The van der Waals surface area contributed by atoms with Crippen molar-refractivity contribution in [3.05, 3.63) is 33.1 Å². The fourth-order valence-electron chi connectivity index (χ4n) is 3.81. The van der Waals surface area contributed by atoms with Gasteiger partial charge in [-0.2, -0.15) is 0 Å². The highest BCUT2D eigenvalue weighted by Gasteiger charge is 2.27. The van der Waals surface area contributed by atoms with E-state index in [0.717, 1.165) is 24.1 Å². The minimum atomic E-state index is -0.0275. The smallest absolute Gasteiger partial charge is 0.259 e. The number of nitrogens with zero attached hydrogens (tertiary/aromatic N) is 3. The topological polar surface area (TPSA) is 68.5 Å². The molecule has 0 saturated carbocycles. The van der Waals surface area contributed by atoms with Gasteiger partial charge in [0.25, 0.3) is 11.6 Å². The van der Waals surface area contributed by atoms with Crippen molar-refractivity contribution in [2.24, 2.45) is 0 Å². The van der Waals surface area contributed by atoms with Crippen LogP contribution in [0.3, 0.4) is 0 Å². The van der Waals surface area contributed by atoms with Crippen LogP contribution in [0.5, 0.6) is 0 Å². The lowest BCUT2D eigenvalue weighted by Crippen LogP contribution is -2.42. The molecule has 0 spiro atoms. The quantitative estimate of drug-likeness (QED) is 0.509. The van der Waals surface area contributed by atoms with E-state index in [2.05, 4.69) is 43.9 Å². The molecule has 1 amide bonds. The van der Waals surface area contributed by atoms with E-state index < -0.39 is 0 Å². The fraction of sp³-hybridized carbons (Fsp3) is 0.500. The van der Waals surface area contributed by atoms with Gasteiger partial charge in [0, 0.05) is 35.0 Å². The number of hydrogen-bond donors (Lipinski definition) is 0. The molecule has 0 atom stereocenters. The van der Waals surface area contributed by atoms with E-state index in [1.165, 1.54) is 9.75 Å². The molecule has 7 heteroatoms. The van der Waals surface area contributed by atoms with Gasteiger partial charge in [-0.3, -0.25) is 4.79 Å². The molecule has 29 heavy (non-hydrogen) atoms. The maximum Gasteiger partial charge on any atom is 0.259 e. The van der Waals surface area contributed by atoms with Crippen LogP contribution in [0.1, 0.15) is 52.5 Å². The number of amides is 1. The standard InChI is InChI=1S/C22H29N3O3S/c1-7-16(8-2)25(9-10-27-6)22(26)18-12-19(17-11-13(3)29-15(17)5)23-21-20(18)14(4)24-28-21/h11-12,16H,7-10H2,1-6H3. The van der Waals surface area contributed by atoms with E-state index in [1.54, 1.807) is 18.4 Å². The van der Waals surface area contributed by atoms with Crippen LogP contribution in [0.15, 0.2) is 16.7 Å². The fourth-order valence-corrected chi connectivity index (χ4v) is 4.74. The van der Waals surface area contributed by atoms with Crippen molar-refractivity contribution in [2.75, 3.05) is 20.3 Å². The van der Waals surface area contributed by atoms with Gasteiger partial charge >= 0.3 is 0 Å². The molecule has 3 rings (SSSR count). The van der Waals surface area contributed by atoms with Gasteiger partial charge in [-0.05, 0) is 45.7 Å². The summed E-state index contributed by atoms with van der Waals surface area (Å²) in [4.78, 5) is 22.7. The SMILES string of the molecule is CCC(CC)N(CCOC)C(=O)c1cc(-c2cc(C)sc2C)nc2onc(C)c12. The van der Waals surface area contributed by atoms with Crippen LogP contribution in [-0.4, -0.2) is 47.3 Å². The third-order valence-corrected chi connectivity index (χ3v) is 6.31. The maximum absolute atomic E-state index is 13.7. The number of methoxy groups -OCH3 is 1. The Labute approximate surface area is 175 Å². The molecule has 0 aliphatic carbocycles. The number of ether oxygens (including phenoxy) is 1. The summed E-state index contributed by atoms with van der Waals surface area (Å²) in [5.74, 6) is -0.0275. The Bertz CT molecular complexity index is 1000. The summed E-state index contributed by atoms with van der Waals surface area (Å²) in [5, 5.41) is 4.77. The van der Waals surface area contributed by atoms with E-state index in [-0.39, 0.29) is 11.9 Å². The first-order valence-corrected chi connectivity index (χ1v) is 10.9. The zero-order valence-corrected chi connectivity index (χ0v) is 18.9. The number of aromatic nitrogens is 2. The van der Waals surface area contributed by atoms with E-state index in [9.17, 15) is 4.79 Å². The van der Waals surface area contributed by atoms with Crippen LogP contribution in [0, 0.1) is 20.8 Å². The highest BCUT2D eigenvalue weighted by molar-refractivity contribution is 7.12. The molecule has 0 N–H and O–H groups in total. The summed E-state index contributed by atoms with van der Waals surface area (Å²) < 4.78 is 10.7. The normalized spacial score (nSPS) is 11.6. The molecule has 0 bridgehead atoms. The first kappa shape index (κ1) is 21.5. The molecule has 0 aromatic carbocycles. The number of carbonyl (C=O) groups is 1. The van der Waals surface area contributed by atoms with Crippen molar-refractivity contribution >= 4 is 28.3 Å². The summed E-state index contributed by atoms with van der Waals surface area (Å²) in [6, 6.07) is 4.15. The van der Waals surface area contributed by atoms with Crippen LogP contribution in [0.4, 0.5) is 0 Å². The van der Waals surface area contributed by atoms with Crippen LogP contribution >= 0.6 is 11.3 Å². The summed E-state index contributed by atoms with van der Waals surface area (Å²) in [7, 11) is 1.66. The molecule has 0 radical (unpaired) electrons. The summed E-state index contributed by atoms with van der Waals surface area (Å²) in [6.45, 7) is 11.2. The minimum Gasteiger partial charge on any atom is -0.383 e. The zero-order valence-electron chi connectivity index (χ0n) is 18.0. The number of rotatable bonds is 8. The zero-order chi connectivity index (χ0) is 21.1. The lowest BCUT2D eigenvalue weighted by atomic mass is 10.0. The molecular formula is C22H29N3O3S. The van der Waals surface area contributed by atoms with Crippen LogP contribution in [-0.2, 0) is 4.74 Å². The van der Waals surface area contributed by atoms with Crippen LogP contribution in [0.2, 0.25) is 0 Å². The van der Waals surface area contributed by atoms with Gasteiger partial charge in [0.05, 0.1) is 28.9 Å². The van der Waals surface area contributed by atoms with Crippen molar-refractivity contribution < 1.29 is 14.1 Å². The number of thiophene rings is 1. The van der Waals surface area contributed by atoms with Gasteiger partial charge in [0.15, 0.2) is 0 Å². The second-order valence-electron chi connectivity index (χ2n) is 7.29. The molecule has 3 aromatic rings. The second-order valence-corrected chi connectivity index (χ2v) is 8.75. The molecule has 3 heterocycles. The highest BCUT2D eigenvalue weighted by atomic mass is 32.1. The molecule has 0 saturated heterocycles. The Balaban J connectivity index is 2.16. The molecular weight excluding hydrogens is 386 g/mol. The number of aryl methyl sites for hydroxylation is 3.